The van der Waals surface area contributed by atoms with E-state index in [1.54, 1.807) is 0 Å². The lowest BCUT2D eigenvalue weighted by molar-refractivity contribution is 0.379. The van der Waals surface area contributed by atoms with Gasteiger partial charge < -0.3 is 14.8 Å². The summed E-state index contributed by atoms with van der Waals surface area (Å²) in [5.41, 5.74) is 3.98. The molecule has 0 unspecified atom stereocenters. The number of para-hydroxylation sites is 1. The molecule has 2 rings (SSSR count). The van der Waals surface area contributed by atoms with Gasteiger partial charge in [0, 0.05) is 29.7 Å². The monoisotopic (exact) mass is 231 g/mol. The maximum absolute atomic E-state index is 3.53. The number of fused-ring (bicyclic) bond motifs is 1. The molecule has 0 bridgehead atoms. The molecule has 0 aliphatic heterocycles. The van der Waals surface area contributed by atoms with Crippen molar-refractivity contribution in [1.29, 1.82) is 0 Å². The first kappa shape index (κ1) is 12.1. The summed E-state index contributed by atoms with van der Waals surface area (Å²) < 4.78 is 0. The van der Waals surface area contributed by atoms with E-state index in [0.29, 0.717) is 0 Å². The van der Waals surface area contributed by atoms with Gasteiger partial charge in [-0.2, -0.15) is 0 Å². The molecule has 0 fully saturated rings. The fraction of sp³-hybridized carbons (Fsp3) is 0.429. The van der Waals surface area contributed by atoms with Gasteiger partial charge in [-0.25, -0.2) is 0 Å². The molecule has 92 valence electrons. The Morgan fingerprint density at radius 3 is 2.24 bits per heavy atom. The summed E-state index contributed by atoms with van der Waals surface area (Å²) in [7, 11) is 8.43. The summed E-state index contributed by atoms with van der Waals surface area (Å²) >= 11 is 0. The Kier molecular flexibility index (Phi) is 3.50. The number of benzene rings is 1. The van der Waals surface area contributed by atoms with Crippen LogP contribution in [0.2, 0.25) is 0 Å². The van der Waals surface area contributed by atoms with Crippen molar-refractivity contribution in [2.45, 2.75) is 13.1 Å². The van der Waals surface area contributed by atoms with Crippen molar-refractivity contribution in [2.24, 2.45) is 0 Å². The third-order valence-electron chi connectivity index (χ3n) is 2.85. The molecule has 3 nitrogen and oxygen atoms in total. The zero-order valence-electron chi connectivity index (χ0n) is 11.1. The van der Waals surface area contributed by atoms with Gasteiger partial charge in [-0.1, -0.05) is 18.2 Å². The number of nitrogens with zero attached hydrogens (tertiary/aromatic N) is 2. The third-order valence-corrected chi connectivity index (χ3v) is 2.85. The fourth-order valence-electron chi connectivity index (χ4n) is 2.20. The highest BCUT2D eigenvalue weighted by molar-refractivity contribution is 5.84. The van der Waals surface area contributed by atoms with Crippen LogP contribution in [0, 0.1) is 0 Å². The highest BCUT2D eigenvalue weighted by Gasteiger charge is 2.12. The van der Waals surface area contributed by atoms with Gasteiger partial charge in [0.2, 0.25) is 0 Å². The Morgan fingerprint density at radius 1 is 0.941 bits per heavy atom. The largest absolute Gasteiger partial charge is 0.357 e. The molecule has 0 amide bonds. The van der Waals surface area contributed by atoms with Crippen LogP contribution in [0.5, 0.6) is 0 Å². The molecule has 1 N–H and O–H groups in total. The molecule has 17 heavy (non-hydrogen) atoms. The number of aromatic nitrogens is 1. The van der Waals surface area contributed by atoms with E-state index >= 15 is 0 Å². The van der Waals surface area contributed by atoms with Crippen LogP contribution >= 0.6 is 0 Å². The van der Waals surface area contributed by atoms with Crippen LogP contribution in [0.4, 0.5) is 0 Å². The van der Waals surface area contributed by atoms with Crippen LogP contribution in [-0.2, 0) is 13.1 Å². The molecule has 1 aromatic carbocycles. The van der Waals surface area contributed by atoms with Gasteiger partial charge in [0.1, 0.15) is 0 Å². The summed E-state index contributed by atoms with van der Waals surface area (Å²) in [5, 5.41) is 1.35. The molecule has 0 aliphatic carbocycles. The Labute approximate surface area is 103 Å². The average molecular weight is 231 g/mol. The van der Waals surface area contributed by atoms with E-state index in [1.807, 2.05) is 0 Å². The van der Waals surface area contributed by atoms with Crippen LogP contribution in [-0.4, -0.2) is 43.0 Å². The molecule has 0 aliphatic rings. The molecular formula is C14H21N3. The summed E-state index contributed by atoms with van der Waals surface area (Å²) in [4.78, 5) is 7.95. The van der Waals surface area contributed by atoms with Crippen molar-refractivity contribution in [3.8, 4) is 0 Å². The second kappa shape index (κ2) is 4.90. The zero-order chi connectivity index (χ0) is 12.4. The fourth-order valence-corrected chi connectivity index (χ4v) is 2.20. The second-order valence-electron chi connectivity index (χ2n) is 5.10. The van der Waals surface area contributed by atoms with Crippen LogP contribution in [0.1, 0.15) is 11.3 Å². The highest BCUT2D eigenvalue weighted by atomic mass is 15.1. The molecule has 0 saturated carbocycles. The van der Waals surface area contributed by atoms with E-state index in [9.17, 15) is 0 Å². The molecule has 1 aromatic heterocycles. The summed E-state index contributed by atoms with van der Waals surface area (Å²) in [6, 6.07) is 8.53. The SMILES string of the molecule is CN(C)Cc1[nH]c2ccccc2c1CN(C)C. The van der Waals surface area contributed by atoms with Crippen LogP contribution < -0.4 is 0 Å². The first-order chi connectivity index (χ1) is 8.08. The molecular weight excluding hydrogens is 210 g/mol. The van der Waals surface area contributed by atoms with Crippen molar-refractivity contribution in [3.63, 3.8) is 0 Å². The zero-order valence-corrected chi connectivity index (χ0v) is 11.1. The lowest BCUT2D eigenvalue weighted by Gasteiger charge is -2.14. The standard InChI is InChI=1S/C14H21N3/c1-16(2)9-12-11-7-5-6-8-13(11)15-14(12)10-17(3)4/h5-8,15H,9-10H2,1-4H3. The summed E-state index contributed by atoms with van der Waals surface area (Å²) in [6.07, 6.45) is 0. The average Bonchev–Trinajstić information content (AvgIpc) is 2.55. The van der Waals surface area contributed by atoms with Gasteiger partial charge in [0.25, 0.3) is 0 Å². The Bertz CT molecular complexity index is 497. The maximum Gasteiger partial charge on any atom is 0.0459 e. The van der Waals surface area contributed by atoms with E-state index in [0.717, 1.165) is 13.1 Å². The first-order valence-electron chi connectivity index (χ1n) is 5.96. The lowest BCUT2D eigenvalue weighted by Crippen LogP contribution is -2.16. The van der Waals surface area contributed by atoms with Gasteiger partial charge >= 0.3 is 0 Å². The predicted molar refractivity (Wildman–Crippen MR) is 73.1 cm³/mol. The van der Waals surface area contributed by atoms with E-state index in [-0.39, 0.29) is 0 Å². The normalized spacial score (nSPS) is 11.9. The summed E-state index contributed by atoms with van der Waals surface area (Å²) in [6.45, 7) is 1.94. The van der Waals surface area contributed by atoms with E-state index in [4.69, 9.17) is 0 Å². The number of aromatic amines is 1. The molecule has 0 spiro atoms. The number of nitrogens with one attached hydrogen (secondary N) is 1. The lowest BCUT2D eigenvalue weighted by atomic mass is 10.1. The van der Waals surface area contributed by atoms with Crippen LogP contribution in [0.25, 0.3) is 10.9 Å². The Morgan fingerprint density at radius 2 is 1.59 bits per heavy atom. The van der Waals surface area contributed by atoms with E-state index in [2.05, 4.69) is 67.2 Å². The van der Waals surface area contributed by atoms with Gasteiger partial charge in [0.05, 0.1) is 0 Å². The third kappa shape index (κ3) is 2.68. The molecule has 0 saturated heterocycles. The Balaban J connectivity index is 2.48. The van der Waals surface area contributed by atoms with Crippen molar-refractivity contribution in [2.75, 3.05) is 28.2 Å². The number of hydrogen-bond donors (Lipinski definition) is 1. The van der Waals surface area contributed by atoms with Crippen molar-refractivity contribution < 1.29 is 0 Å². The molecule has 2 aromatic rings. The van der Waals surface area contributed by atoms with Gasteiger partial charge in [-0.3, -0.25) is 0 Å². The van der Waals surface area contributed by atoms with Crippen molar-refractivity contribution in [3.05, 3.63) is 35.5 Å². The minimum absolute atomic E-state index is 0.956. The highest BCUT2D eigenvalue weighted by Crippen LogP contribution is 2.24. The minimum atomic E-state index is 0.956. The Hall–Kier alpha value is -1.32. The predicted octanol–water partition coefficient (Wildman–Crippen LogP) is 2.29. The van der Waals surface area contributed by atoms with E-state index in [1.165, 1.54) is 22.2 Å². The quantitative estimate of drug-likeness (QED) is 0.872. The van der Waals surface area contributed by atoms with E-state index < -0.39 is 0 Å². The van der Waals surface area contributed by atoms with Gasteiger partial charge in [-0.05, 0) is 39.8 Å². The second-order valence-corrected chi connectivity index (χ2v) is 5.10. The minimum Gasteiger partial charge on any atom is -0.357 e. The summed E-state index contributed by atoms with van der Waals surface area (Å²) in [5.74, 6) is 0. The van der Waals surface area contributed by atoms with Crippen LogP contribution in [0.3, 0.4) is 0 Å². The van der Waals surface area contributed by atoms with Crippen molar-refractivity contribution >= 4 is 10.9 Å². The smallest absolute Gasteiger partial charge is 0.0459 e. The maximum atomic E-state index is 3.53. The molecule has 3 heteroatoms. The topological polar surface area (TPSA) is 22.3 Å². The number of hydrogen-bond acceptors (Lipinski definition) is 2. The van der Waals surface area contributed by atoms with Crippen molar-refractivity contribution in [1.82, 2.24) is 14.8 Å². The molecule has 0 atom stereocenters. The number of rotatable bonds is 4. The molecule has 1 heterocycles. The van der Waals surface area contributed by atoms with Gasteiger partial charge in [-0.15, -0.1) is 0 Å². The number of H-pyrrole nitrogens is 1. The first-order valence-corrected chi connectivity index (χ1v) is 5.96. The molecule has 0 radical (unpaired) electrons. The van der Waals surface area contributed by atoms with Gasteiger partial charge in [0.15, 0.2) is 0 Å². The van der Waals surface area contributed by atoms with Crippen LogP contribution in [0.15, 0.2) is 24.3 Å².